The van der Waals surface area contributed by atoms with Crippen molar-refractivity contribution in [2.75, 3.05) is 7.11 Å². The van der Waals surface area contributed by atoms with Crippen LogP contribution in [0, 0.1) is 0 Å². The summed E-state index contributed by atoms with van der Waals surface area (Å²) in [5.41, 5.74) is 5.57. The van der Waals surface area contributed by atoms with E-state index >= 15 is 0 Å². The van der Waals surface area contributed by atoms with Crippen molar-refractivity contribution in [2.24, 2.45) is 0 Å². The molecule has 0 aromatic rings. The molecule has 0 heterocycles. The first-order valence-corrected chi connectivity index (χ1v) is 11.3. The van der Waals surface area contributed by atoms with Gasteiger partial charge in [0.15, 0.2) is 11.6 Å². The second-order valence-electron chi connectivity index (χ2n) is 8.65. The molecule has 1 aliphatic carbocycles. The largest absolute Gasteiger partial charge is 0.466 e. The minimum atomic E-state index is -0.242. The molecule has 0 amide bonds. The van der Waals surface area contributed by atoms with Gasteiger partial charge in [-0.25, -0.2) is 4.79 Å². The van der Waals surface area contributed by atoms with Crippen LogP contribution in [-0.2, 0) is 19.1 Å². The summed E-state index contributed by atoms with van der Waals surface area (Å²) >= 11 is 0. The summed E-state index contributed by atoms with van der Waals surface area (Å²) in [6, 6.07) is 0. The van der Waals surface area contributed by atoms with Gasteiger partial charge in [0.05, 0.1) is 7.11 Å². The molecule has 1 aliphatic rings. The Bertz CT molecular complexity index is 884. The third-order valence-electron chi connectivity index (χ3n) is 5.37. The Hall–Kier alpha value is -2.75. The highest BCUT2D eigenvalue weighted by Crippen LogP contribution is 2.19. The SMILES string of the molecule is COC(=O)/C(=C\CC/C(C)=C/CC/C(C)=C/CC1=CC(=O)C=C(C)C1=O)CCC=C(C)C. The van der Waals surface area contributed by atoms with Crippen LogP contribution >= 0.6 is 0 Å². The first-order chi connectivity index (χ1) is 15.1. The molecule has 0 aromatic carbocycles. The Morgan fingerprint density at radius 1 is 0.844 bits per heavy atom. The molecule has 0 fully saturated rings. The number of hydrogen-bond donors (Lipinski definition) is 0. The van der Waals surface area contributed by atoms with Crippen LogP contribution in [0.2, 0.25) is 0 Å². The maximum absolute atomic E-state index is 12.1. The normalized spacial score (nSPS) is 15.4. The lowest BCUT2D eigenvalue weighted by Gasteiger charge is -2.09. The van der Waals surface area contributed by atoms with Crippen molar-refractivity contribution in [3.05, 3.63) is 69.9 Å². The van der Waals surface area contributed by atoms with Crippen molar-refractivity contribution >= 4 is 17.5 Å². The summed E-state index contributed by atoms with van der Waals surface area (Å²) in [6.07, 6.45) is 16.8. The second-order valence-corrected chi connectivity index (χ2v) is 8.65. The van der Waals surface area contributed by atoms with E-state index in [0.717, 1.165) is 37.7 Å². The maximum Gasteiger partial charge on any atom is 0.333 e. The van der Waals surface area contributed by atoms with E-state index < -0.39 is 0 Å². The van der Waals surface area contributed by atoms with Crippen LogP contribution in [0.3, 0.4) is 0 Å². The van der Waals surface area contributed by atoms with Crippen LogP contribution in [0.4, 0.5) is 0 Å². The number of esters is 1. The zero-order valence-electron chi connectivity index (χ0n) is 20.5. The van der Waals surface area contributed by atoms with Gasteiger partial charge in [0.2, 0.25) is 0 Å². The zero-order chi connectivity index (χ0) is 24.1. The lowest BCUT2D eigenvalue weighted by atomic mass is 9.94. The smallest absolute Gasteiger partial charge is 0.333 e. The molecule has 0 aromatic heterocycles. The molecule has 0 saturated heterocycles. The van der Waals surface area contributed by atoms with Crippen molar-refractivity contribution in [3.8, 4) is 0 Å². The van der Waals surface area contributed by atoms with Gasteiger partial charge < -0.3 is 4.74 Å². The molecular weight excluding hydrogens is 400 g/mol. The summed E-state index contributed by atoms with van der Waals surface area (Å²) in [4.78, 5) is 35.7. The van der Waals surface area contributed by atoms with Gasteiger partial charge in [0.1, 0.15) is 0 Å². The molecule has 1 rings (SSSR count). The van der Waals surface area contributed by atoms with Crippen molar-refractivity contribution in [2.45, 2.75) is 79.6 Å². The van der Waals surface area contributed by atoms with E-state index in [1.807, 2.05) is 12.2 Å². The van der Waals surface area contributed by atoms with Crippen molar-refractivity contribution < 1.29 is 19.1 Å². The first-order valence-electron chi connectivity index (χ1n) is 11.3. The van der Waals surface area contributed by atoms with Gasteiger partial charge in [-0.3, -0.25) is 9.59 Å². The third-order valence-corrected chi connectivity index (χ3v) is 5.37. The minimum Gasteiger partial charge on any atom is -0.466 e. The van der Waals surface area contributed by atoms with Crippen LogP contribution < -0.4 is 0 Å². The molecule has 0 unspecified atom stereocenters. The number of carbonyl (C=O) groups excluding carboxylic acids is 3. The molecule has 0 bridgehead atoms. The van der Waals surface area contributed by atoms with Crippen molar-refractivity contribution in [1.82, 2.24) is 0 Å². The first kappa shape index (κ1) is 27.3. The number of ether oxygens (including phenoxy) is 1. The highest BCUT2D eigenvalue weighted by molar-refractivity contribution is 6.20. The van der Waals surface area contributed by atoms with Crippen LogP contribution in [-0.4, -0.2) is 24.6 Å². The molecule has 0 aliphatic heterocycles. The van der Waals surface area contributed by atoms with E-state index in [-0.39, 0.29) is 17.5 Å². The summed E-state index contributed by atoms with van der Waals surface area (Å²) in [7, 11) is 1.43. The lowest BCUT2D eigenvalue weighted by molar-refractivity contribution is -0.136. The topological polar surface area (TPSA) is 60.4 Å². The van der Waals surface area contributed by atoms with Gasteiger partial charge in [-0.05, 0) is 91.7 Å². The molecule has 0 radical (unpaired) electrons. The molecule has 0 N–H and O–H groups in total. The fourth-order valence-corrected chi connectivity index (χ4v) is 3.41. The van der Waals surface area contributed by atoms with E-state index in [1.165, 1.54) is 36.0 Å². The number of methoxy groups -OCH3 is 1. The fraction of sp³-hybridized carbons (Fsp3) is 0.464. The standard InChI is InChI=1S/C28H38O4/c1-20(2)10-7-14-24(28(31)32-6)15-9-13-21(3)11-8-12-22(4)16-17-25-19-26(29)18-23(5)27(25)30/h10-11,15-16,18-19H,7-9,12-14,17H2,1-6H3/b21-11+,22-16+,24-15-. The summed E-state index contributed by atoms with van der Waals surface area (Å²) in [5.74, 6) is -0.388. The second kappa shape index (κ2) is 14.3. The molecule has 32 heavy (non-hydrogen) atoms. The minimum absolute atomic E-state index is 0.0374. The van der Waals surface area contributed by atoms with E-state index in [4.69, 9.17) is 4.74 Å². The molecule has 174 valence electrons. The number of hydrogen-bond acceptors (Lipinski definition) is 4. The molecular formula is C28H38O4. The monoisotopic (exact) mass is 438 g/mol. The van der Waals surface area contributed by atoms with Gasteiger partial charge in [-0.2, -0.15) is 0 Å². The number of allylic oxidation sites excluding steroid dienone is 11. The summed E-state index contributed by atoms with van der Waals surface area (Å²) < 4.78 is 4.91. The van der Waals surface area contributed by atoms with Gasteiger partial charge >= 0.3 is 5.97 Å². The van der Waals surface area contributed by atoms with E-state index in [9.17, 15) is 14.4 Å². The molecule has 0 saturated carbocycles. The Labute approximate surface area is 193 Å². The molecule has 4 nitrogen and oxygen atoms in total. The predicted octanol–water partition coefficient (Wildman–Crippen LogP) is 6.70. The van der Waals surface area contributed by atoms with Gasteiger partial charge in [-0.15, -0.1) is 0 Å². The Morgan fingerprint density at radius 3 is 2.06 bits per heavy atom. The molecule has 0 atom stereocenters. The average Bonchev–Trinajstić information content (AvgIpc) is 2.73. The third kappa shape index (κ3) is 10.5. The van der Waals surface area contributed by atoms with Crippen LogP contribution in [0.25, 0.3) is 0 Å². The lowest BCUT2D eigenvalue weighted by Crippen LogP contribution is -2.12. The zero-order valence-corrected chi connectivity index (χ0v) is 20.5. The van der Waals surface area contributed by atoms with Crippen LogP contribution in [0.15, 0.2) is 69.9 Å². The van der Waals surface area contributed by atoms with Crippen LogP contribution in [0.1, 0.15) is 79.6 Å². The molecule has 4 heteroatoms. The maximum atomic E-state index is 12.1. The van der Waals surface area contributed by atoms with E-state index in [0.29, 0.717) is 24.0 Å². The number of Topliss-reactive ketones (excluding diaryl/α,β-unsaturated/α-hetero) is 1. The Kier molecular flexibility index (Phi) is 12.2. The predicted molar refractivity (Wildman–Crippen MR) is 131 cm³/mol. The van der Waals surface area contributed by atoms with Gasteiger partial charge in [0.25, 0.3) is 0 Å². The van der Waals surface area contributed by atoms with Crippen molar-refractivity contribution in [3.63, 3.8) is 0 Å². The van der Waals surface area contributed by atoms with Gasteiger partial charge in [-0.1, -0.05) is 41.0 Å². The summed E-state index contributed by atoms with van der Waals surface area (Å²) in [5, 5.41) is 0. The number of ketones is 2. The van der Waals surface area contributed by atoms with Gasteiger partial charge in [0, 0.05) is 16.7 Å². The van der Waals surface area contributed by atoms with Crippen molar-refractivity contribution in [1.29, 1.82) is 0 Å². The highest BCUT2D eigenvalue weighted by atomic mass is 16.5. The Morgan fingerprint density at radius 2 is 1.44 bits per heavy atom. The van der Waals surface area contributed by atoms with Crippen LogP contribution in [0.5, 0.6) is 0 Å². The fourth-order valence-electron chi connectivity index (χ4n) is 3.41. The molecule has 0 spiro atoms. The average molecular weight is 439 g/mol. The van der Waals surface area contributed by atoms with E-state index in [2.05, 4.69) is 39.8 Å². The number of carbonyl (C=O) groups is 3. The number of rotatable bonds is 12. The Balaban J connectivity index is 2.50. The highest BCUT2D eigenvalue weighted by Gasteiger charge is 2.17. The quantitative estimate of drug-likeness (QED) is 0.147. The summed E-state index contributed by atoms with van der Waals surface area (Å²) in [6.45, 7) is 9.96. The van der Waals surface area contributed by atoms with E-state index in [1.54, 1.807) is 6.92 Å².